The van der Waals surface area contributed by atoms with Gasteiger partial charge in [0.2, 0.25) is 0 Å². The molecule has 0 spiro atoms. The predicted octanol–water partition coefficient (Wildman–Crippen LogP) is 2.45. The quantitative estimate of drug-likeness (QED) is 0.802. The van der Waals surface area contributed by atoms with Crippen molar-refractivity contribution in [1.82, 2.24) is 19.7 Å². The topological polar surface area (TPSA) is 73.1 Å². The molecule has 2 aromatic rings. The van der Waals surface area contributed by atoms with E-state index in [9.17, 15) is 4.79 Å². The van der Waals surface area contributed by atoms with E-state index in [1.807, 2.05) is 19.9 Å². The van der Waals surface area contributed by atoms with Crippen molar-refractivity contribution in [2.24, 2.45) is 0 Å². The number of aromatic nitrogens is 4. The molecule has 128 valence electrons. The molecule has 0 bridgehead atoms. The lowest BCUT2D eigenvalue weighted by molar-refractivity contribution is 0.0526. The molecular formula is C17H23N5O2. The van der Waals surface area contributed by atoms with Gasteiger partial charge in [-0.15, -0.1) is 0 Å². The predicted molar refractivity (Wildman–Crippen MR) is 90.6 cm³/mol. The Balaban J connectivity index is 2.04. The molecule has 0 unspecified atom stereocenters. The summed E-state index contributed by atoms with van der Waals surface area (Å²) in [6.45, 7) is 7.80. The average Bonchev–Trinajstić information content (AvgIpc) is 2.94. The molecule has 3 heterocycles. The molecule has 0 radical (unpaired) electrons. The van der Waals surface area contributed by atoms with Crippen LogP contribution in [-0.2, 0) is 4.74 Å². The lowest BCUT2D eigenvalue weighted by Crippen LogP contribution is -2.32. The van der Waals surface area contributed by atoms with Crippen molar-refractivity contribution in [3.8, 4) is 5.95 Å². The number of piperidine rings is 1. The number of hydrogen-bond donors (Lipinski definition) is 0. The van der Waals surface area contributed by atoms with E-state index in [-0.39, 0.29) is 5.97 Å². The highest BCUT2D eigenvalue weighted by Gasteiger charge is 2.23. The fourth-order valence-corrected chi connectivity index (χ4v) is 3.00. The maximum atomic E-state index is 12.3. The first-order valence-corrected chi connectivity index (χ1v) is 8.43. The zero-order valence-electron chi connectivity index (χ0n) is 14.4. The molecule has 1 aliphatic rings. The number of hydrogen-bond acceptors (Lipinski definition) is 6. The molecule has 3 rings (SSSR count). The fraction of sp³-hybridized carbons (Fsp3) is 0.529. The minimum Gasteiger partial charge on any atom is -0.462 e. The van der Waals surface area contributed by atoms with Gasteiger partial charge in [-0.25, -0.2) is 14.5 Å². The first-order valence-electron chi connectivity index (χ1n) is 8.43. The number of nitrogens with zero attached hydrogens (tertiary/aromatic N) is 5. The van der Waals surface area contributed by atoms with E-state index >= 15 is 0 Å². The molecule has 1 saturated heterocycles. The van der Waals surface area contributed by atoms with Gasteiger partial charge in [0.25, 0.3) is 5.95 Å². The van der Waals surface area contributed by atoms with Gasteiger partial charge in [-0.2, -0.15) is 10.1 Å². The minimum absolute atomic E-state index is 0.331. The molecule has 1 aliphatic heterocycles. The maximum Gasteiger partial charge on any atom is 0.343 e. The van der Waals surface area contributed by atoms with Crippen LogP contribution < -0.4 is 4.90 Å². The van der Waals surface area contributed by atoms with E-state index in [0.29, 0.717) is 23.9 Å². The molecule has 0 atom stereocenters. The number of carbonyl (C=O) groups is 1. The summed E-state index contributed by atoms with van der Waals surface area (Å²) in [6.07, 6.45) is 4.96. The van der Waals surface area contributed by atoms with Crippen molar-refractivity contribution >= 4 is 11.8 Å². The normalized spacial score (nSPS) is 14.7. The smallest absolute Gasteiger partial charge is 0.343 e. The van der Waals surface area contributed by atoms with Gasteiger partial charge in [0.15, 0.2) is 0 Å². The number of rotatable bonds is 4. The average molecular weight is 329 g/mol. The van der Waals surface area contributed by atoms with Crippen LogP contribution in [0.15, 0.2) is 12.3 Å². The van der Waals surface area contributed by atoms with E-state index in [4.69, 9.17) is 4.74 Å². The third-order valence-corrected chi connectivity index (χ3v) is 4.11. The molecule has 0 N–H and O–H groups in total. The standard InChI is InChI=1S/C17H23N5O2/c1-4-24-16(23)14-11-18-17(22-13(3)10-12(2)20-22)19-15(14)21-8-6-5-7-9-21/h10-11H,4-9H2,1-3H3. The van der Waals surface area contributed by atoms with Gasteiger partial charge in [-0.3, -0.25) is 0 Å². The van der Waals surface area contributed by atoms with Crippen LogP contribution in [0, 0.1) is 13.8 Å². The summed E-state index contributed by atoms with van der Waals surface area (Å²) in [5.41, 5.74) is 2.29. The van der Waals surface area contributed by atoms with E-state index < -0.39 is 0 Å². The monoisotopic (exact) mass is 329 g/mol. The summed E-state index contributed by atoms with van der Waals surface area (Å²) in [5.74, 6) is 0.748. The van der Waals surface area contributed by atoms with Gasteiger partial charge in [-0.1, -0.05) is 0 Å². The molecule has 2 aromatic heterocycles. The Morgan fingerprint density at radius 3 is 2.62 bits per heavy atom. The summed E-state index contributed by atoms with van der Waals surface area (Å²) in [6, 6.07) is 1.98. The van der Waals surface area contributed by atoms with Crippen LogP contribution >= 0.6 is 0 Å². The lowest BCUT2D eigenvalue weighted by Gasteiger charge is -2.29. The van der Waals surface area contributed by atoms with Crippen molar-refractivity contribution in [1.29, 1.82) is 0 Å². The highest BCUT2D eigenvalue weighted by molar-refractivity contribution is 5.94. The molecule has 7 nitrogen and oxygen atoms in total. The molecule has 0 saturated carbocycles. The second-order valence-electron chi connectivity index (χ2n) is 6.01. The van der Waals surface area contributed by atoms with Crippen LogP contribution in [0.2, 0.25) is 0 Å². The van der Waals surface area contributed by atoms with E-state index in [0.717, 1.165) is 37.3 Å². The number of aryl methyl sites for hydroxylation is 2. The Labute approximate surface area is 141 Å². The Hall–Kier alpha value is -2.44. The Morgan fingerprint density at radius 1 is 1.25 bits per heavy atom. The summed E-state index contributed by atoms with van der Waals surface area (Å²) in [7, 11) is 0. The van der Waals surface area contributed by atoms with Gasteiger partial charge in [0, 0.05) is 25.0 Å². The zero-order chi connectivity index (χ0) is 17.1. The Kier molecular flexibility index (Phi) is 4.78. The Morgan fingerprint density at radius 2 is 2.00 bits per heavy atom. The fourth-order valence-electron chi connectivity index (χ4n) is 3.00. The number of anilines is 1. The van der Waals surface area contributed by atoms with Crippen molar-refractivity contribution < 1.29 is 9.53 Å². The number of ether oxygens (including phenoxy) is 1. The first kappa shape index (κ1) is 16.4. The van der Waals surface area contributed by atoms with Crippen molar-refractivity contribution in [2.75, 3.05) is 24.6 Å². The van der Waals surface area contributed by atoms with Crippen LogP contribution in [0.5, 0.6) is 0 Å². The SMILES string of the molecule is CCOC(=O)c1cnc(-n2nc(C)cc2C)nc1N1CCCCC1. The van der Waals surface area contributed by atoms with Crippen molar-refractivity contribution in [3.05, 3.63) is 29.2 Å². The summed E-state index contributed by atoms with van der Waals surface area (Å²) < 4.78 is 6.87. The van der Waals surface area contributed by atoms with Gasteiger partial charge in [-0.05, 0) is 46.1 Å². The number of esters is 1. The van der Waals surface area contributed by atoms with Gasteiger partial charge in [0.05, 0.1) is 12.3 Å². The summed E-state index contributed by atoms with van der Waals surface area (Å²) >= 11 is 0. The van der Waals surface area contributed by atoms with E-state index in [1.165, 1.54) is 6.42 Å². The second-order valence-corrected chi connectivity index (χ2v) is 6.01. The van der Waals surface area contributed by atoms with Gasteiger partial charge < -0.3 is 9.64 Å². The summed E-state index contributed by atoms with van der Waals surface area (Å²) in [5, 5.41) is 4.43. The first-order chi connectivity index (χ1) is 11.6. The van der Waals surface area contributed by atoms with Crippen LogP contribution in [0.4, 0.5) is 5.82 Å². The lowest BCUT2D eigenvalue weighted by atomic mass is 10.1. The molecule has 0 aromatic carbocycles. The molecule has 1 fully saturated rings. The van der Waals surface area contributed by atoms with Crippen LogP contribution in [0.1, 0.15) is 47.9 Å². The molecule has 24 heavy (non-hydrogen) atoms. The van der Waals surface area contributed by atoms with E-state index in [1.54, 1.807) is 17.8 Å². The highest BCUT2D eigenvalue weighted by Crippen LogP contribution is 2.23. The van der Waals surface area contributed by atoms with Gasteiger partial charge >= 0.3 is 5.97 Å². The number of carbonyl (C=O) groups excluding carboxylic acids is 1. The van der Waals surface area contributed by atoms with Crippen molar-refractivity contribution in [2.45, 2.75) is 40.0 Å². The third-order valence-electron chi connectivity index (χ3n) is 4.11. The van der Waals surface area contributed by atoms with Gasteiger partial charge in [0.1, 0.15) is 11.4 Å². The van der Waals surface area contributed by atoms with Crippen LogP contribution in [-0.4, -0.2) is 45.4 Å². The largest absolute Gasteiger partial charge is 0.462 e. The summed E-state index contributed by atoms with van der Waals surface area (Å²) in [4.78, 5) is 23.4. The van der Waals surface area contributed by atoms with Crippen LogP contribution in [0.25, 0.3) is 5.95 Å². The second kappa shape index (κ2) is 6.98. The van der Waals surface area contributed by atoms with E-state index in [2.05, 4.69) is 20.0 Å². The van der Waals surface area contributed by atoms with Crippen LogP contribution in [0.3, 0.4) is 0 Å². The molecule has 7 heteroatoms. The molecule has 0 aliphatic carbocycles. The Bertz CT molecular complexity index is 735. The van der Waals surface area contributed by atoms with Crippen molar-refractivity contribution in [3.63, 3.8) is 0 Å². The molecular weight excluding hydrogens is 306 g/mol. The third kappa shape index (κ3) is 3.25. The maximum absolute atomic E-state index is 12.3. The highest BCUT2D eigenvalue weighted by atomic mass is 16.5. The minimum atomic E-state index is -0.377. The molecule has 0 amide bonds. The zero-order valence-corrected chi connectivity index (χ0v) is 14.4.